The van der Waals surface area contributed by atoms with Crippen LogP contribution in [-0.2, 0) is 6.54 Å². The van der Waals surface area contributed by atoms with Crippen molar-refractivity contribution >= 4 is 0 Å². The summed E-state index contributed by atoms with van der Waals surface area (Å²) in [7, 11) is 0. The van der Waals surface area contributed by atoms with Gasteiger partial charge in [0.1, 0.15) is 0 Å². The summed E-state index contributed by atoms with van der Waals surface area (Å²) in [6.45, 7) is 6.68. The highest BCUT2D eigenvalue weighted by Crippen LogP contribution is 2.24. The predicted molar refractivity (Wildman–Crippen MR) is 76.1 cm³/mol. The normalized spacial score (nSPS) is 23.9. The third kappa shape index (κ3) is 2.89. The van der Waals surface area contributed by atoms with Crippen LogP contribution in [0.15, 0.2) is 34.9 Å². The minimum atomic E-state index is 0.353. The molecule has 1 aromatic heterocycles. The minimum absolute atomic E-state index is 0.353. The van der Waals surface area contributed by atoms with Crippen molar-refractivity contribution in [2.45, 2.75) is 32.5 Å². The first-order chi connectivity index (χ1) is 9.72. The summed E-state index contributed by atoms with van der Waals surface area (Å²) in [5.74, 6) is 1.39. The van der Waals surface area contributed by atoms with Crippen LogP contribution >= 0.6 is 0 Å². The number of hydrogen-bond donors (Lipinski definition) is 1. The second-order valence-electron chi connectivity index (χ2n) is 5.39. The summed E-state index contributed by atoms with van der Waals surface area (Å²) in [6, 6.07) is 11.4. The average Bonchev–Trinajstić information content (AvgIpc) is 2.85. The molecule has 1 saturated heterocycles. The quantitative estimate of drug-likeness (QED) is 0.925. The van der Waals surface area contributed by atoms with Crippen LogP contribution in [0.25, 0.3) is 0 Å². The lowest BCUT2D eigenvalue weighted by atomic mass is 10.0. The second-order valence-corrected chi connectivity index (χ2v) is 5.39. The van der Waals surface area contributed by atoms with Crippen LogP contribution in [0.2, 0.25) is 0 Å². The second kappa shape index (κ2) is 5.73. The molecule has 5 heteroatoms. The molecular formula is C15H20N4O. The Morgan fingerprint density at radius 3 is 2.85 bits per heavy atom. The molecule has 1 aliphatic rings. The van der Waals surface area contributed by atoms with E-state index in [1.54, 1.807) is 0 Å². The van der Waals surface area contributed by atoms with Crippen molar-refractivity contribution in [2.75, 3.05) is 13.1 Å². The van der Waals surface area contributed by atoms with E-state index in [1.165, 1.54) is 5.56 Å². The van der Waals surface area contributed by atoms with Gasteiger partial charge in [-0.15, -0.1) is 0 Å². The van der Waals surface area contributed by atoms with E-state index >= 15 is 0 Å². The first-order valence-corrected chi connectivity index (χ1v) is 7.04. The van der Waals surface area contributed by atoms with Gasteiger partial charge in [0.05, 0.1) is 6.54 Å². The molecule has 0 radical (unpaired) electrons. The summed E-state index contributed by atoms with van der Waals surface area (Å²) >= 11 is 0. The van der Waals surface area contributed by atoms with E-state index in [2.05, 4.69) is 57.6 Å². The molecule has 2 atom stereocenters. The lowest BCUT2D eigenvalue weighted by Crippen LogP contribution is -2.50. The molecule has 2 aromatic rings. The SMILES string of the molecule is Cc1nc(CN2CC(C)NCC2c2ccccc2)no1. The third-order valence-corrected chi connectivity index (χ3v) is 3.71. The molecule has 2 unspecified atom stereocenters. The molecule has 106 valence electrons. The number of piperazine rings is 1. The average molecular weight is 272 g/mol. The van der Waals surface area contributed by atoms with Gasteiger partial charge in [-0.05, 0) is 12.5 Å². The first-order valence-electron chi connectivity index (χ1n) is 7.04. The molecule has 0 aliphatic carbocycles. The van der Waals surface area contributed by atoms with E-state index in [0.29, 0.717) is 18.0 Å². The summed E-state index contributed by atoms with van der Waals surface area (Å²) in [6.07, 6.45) is 0. The Bertz CT molecular complexity index is 554. The molecular weight excluding hydrogens is 252 g/mol. The smallest absolute Gasteiger partial charge is 0.223 e. The topological polar surface area (TPSA) is 54.2 Å². The number of nitrogens with zero attached hydrogens (tertiary/aromatic N) is 3. The third-order valence-electron chi connectivity index (χ3n) is 3.71. The van der Waals surface area contributed by atoms with Gasteiger partial charge in [-0.25, -0.2) is 0 Å². The van der Waals surface area contributed by atoms with Crippen LogP contribution in [0.5, 0.6) is 0 Å². The fraction of sp³-hybridized carbons (Fsp3) is 0.467. The lowest BCUT2D eigenvalue weighted by molar-refractivity contribution is 0.123. The Morgan fingerprint density at radius 1 is 1.35 bits per heavy atom. The zero-order valence-electron chi connectivity index (χ0n) is 11.9. The van der Waals surface area contributed by atoms with Gasteiger partial charge in [0.15, 0.2) is 5.82 Å². The molecule has 1 aromatic carbocycles. The molecule has 20 heavy (non-hydrogen) atoms. The van der Waals surface area contributed by atoms with Gasteiger partial charge in [-0.2, -0.15) is 4.98 Å². The monoisotopic (exact) mass is 272 g/mol. The fourth-order valence-electron chi connectivity index (χ4n) is 2.75. The lowest BCUT2D eigenvalue weighted by Gasteiger charge is -2.39. The van der Waals surface area contributed by atoms with E-state index in [9.17, 15) is 0 Å². The number of aromatic nitrogens is 2. The van der Waals surface area contributed by atoms with Crippen molar-refractivity contribution < 1.29 is 4.52 Å². The summed E-state index contributed by atoms with van der Waals surface area (Å²) in [5, 5.41) is 7.56. The molecule has 2 heterocycles. The van der Waals surface area contributed by atoms with Crippen molar-refractivity contribution in [1.82, 2.24) is 20.4 Å². The number of benzene rings is 1. The molecule has 1 aliphatic heterocycles. The van der Waals surface area contributed by atoms with E-state index in [-0.39, 0.29) is 0 Å². The molecule has 5 nitrogen and oxygen atoms in total. The van der Waals surface area contributed by atoms with Gasteiger partial charge in [0.25, 0.3) is 0 Å². The number of nitrogens with one attached hydrogen (secondary N) is 1. The van der Waals surface area contributed by atoms with Crippen molar-refractivity contribution in [3.8, 4) is 0 Å². The van der Waals surface area contributed by atoms with Gasteiger partial charge in [-0.1, -0.05) is 35.5 Å². The van der Waals surface area contributed by atoms with Crippen LogP contribution in [0.1, 0.15) is 30.2 Å². The van der Waals surface area contributed by atoms with Crippen LogP contribution in [0.3, 0.4) is 0 Å². The van der Waals surface area contributed by atoms with Crippen LogP contribution in [0.4, 0.5) is 0 Å². The standard InChI is InChI=1S/C15H20N4O/c1-11-9-19(10-15-17-12(2)20-18-15)14(8-16-11)13-6-4-3-5-7-13/h3-7,11,14,16H,8-10H2,1-2H3. The van der Waals surface area contributed by atoms with Crippen molar-refractivity contribution in [3.63, 3.8) is 0 Å². The first kappa shape index (κ1) is 13.3. The Kier molecular flexibility index (Phi) is 3.80. The van der Waals surface area contributed by atoms with Gasteiger partial charge in [0, 0.05) is 32.1 Å². The highest BCUT2D eigenvalue weighted by molar-refractivity contribution is 5.20. The Labute approximate surface area is 119 Å². The van der Waals surface area contributed by atoms with E-state index in [0.717, 1.165) is 25.5 Å². The van der Waals surface area contributed by atoms with Crippen LogP contribution in [0, 0.1) is 6.92 Å². The minimum Gasteiger partial charge on any atom is -0.340 e. The van der Waals surface area contributed by atoms with Gasteiger partial charge in [0.2, 0.25) is 5.89 Å². The molecule has 0 saturated carbocycles. The number of rotatable bonds is 3. The van der Waals surface area contributed by atoms with Gasteiger partial charge in [-0.3, -0.25) is 4.90 Å². The molecule has 0 bridgehead atoms. The number of aryl methyl sites for hydroxylation is 1. The largest absolute Gasteiger partial charge is 0.340 e. The maximum absolute atomic E-state index is 5.07. The van der Waals surface area contributed by atoms with E-state index < -0.39 is 0 Å². The maximum atomic E-state index is 5.07. The Morgan fingerprint density at radius 2 is 2.15 bits per heavy atom. The zero-order chi connectivity index (χ0) is 13.9. The fourth-order valence-corrected chi connectivity index (χ4v) is 2.75. The highest BCUT2D eigenvalue weighted by atomic mass is 16.5. The Balaban J connectivity index is 1.80. The molecule has 1 N–H and O–H groups in total. The summed E-state index contributed by atoms with van der Waals surface area (Å²) in [5.41, 5.74) is 1.33. The van der Waals surface area contributed by atoms with Crippen molar-refractivity contribution in [3.05, 3.63) is 47.6 Å². The zero-order valence-corrected chi connectivity index (χ0v) is 11.9. The van der Waals surface area contributed by atoms with Gasteiger partial charge < -0.3 is 9.84 Å². The van der Waals surface area contributed by atoms with Gasteiger partial charge >= 0.3 is 0 Å². The molecule has 0 spiro atoms. The number of hydrogen-bond acceptors (Lipinski definition) is 5. The highest BCUT2D eigenvalue weighted by Gasteiger charge is 2.28. The summed E-state index contributed by atoms with van der Waals surface area (Å²) < 4.78 is 5.07. The van der Waals surface area contributed by atoms with E-state index in [1.807, 2.05) is 6.92 Å². The van der Waals surface area contributed by atoms with Crippen molar-refractivity contribution in [2.24, 2.45) is 0 Å². The predicted octanol–water partition coefficient (Wildman–Crippen LogP) is 1.91. The maximum Gasteiger partial charge on any atom is 0.223 e. The van der Waals surface area contributed by atoms with Crippen LogP contribution < -0.4 is 5.32 Å². The molecule has 1 fully saturated rings. The molecule has 3 rings (SSSR count). The molecule has 0 amide bonds. The Hall–Kier alpha value is -1.72. The van der Waals surface area contributed by atoms with Crippen molar-refractivity contribution in [1.29, 1.82) is 0 Å². The van der Waals surface area contributed by atoms with Crippen LogP contribution in [-0.4, -0.2) is 34.2 Å². The summed E-state index contributed by atoms with van der Waals surface area (Å²) in [4.78, 5) is 6.74. The van der Waals surface area contributed by atoms with E-state index in [4.69, 9.17) is 4.52 Å².